The van der Waals surface area contributed by atoms with Crippen LogP contribution in [0, 0.1) is 0 Å². The van der Waals surface area contributed by atoms with Gasteiger partial charge in [0.1, 0.15) is 0 Å². The SMILES string of the molecule is CSC(C)(C)CNC(=O)CN1CCCNCC1. The van der Waals surface area contributed by atoms with Gasteiger partial charge in [0.2, 0.25) is 5.91 Å². The van der Waals surface area contributed by atoms with Crippen molar-refractivity contribution in [2.24, 2.45) is 0 Å². The van der Waals surface area contributed by atoms with E-state index in [2.05, 4.69) is 35.6 Å². The lowest BCUT2D eigenvalue weighted by Crippen LogP contribution is -2.43. The Morgan fingerprint density at radius 2 is 2.18 bits per heavy atom. The van der Waals surface area contributed by atoms with Gasteiger partial charge in [0.15, 0.2) is 0 Å². The van der Waals surface area contributed by atoms with Crippen LogP contribution in [0.2, 0.25) is 0 Å². The summed E-state index contributed by atoms with van der Waals surface area (Å²) in [6, 6.07) is 0. The van der Waals surface area contributed by atoms with Gasteiger partial charge >= 0.3 is 0 Å². The van der Waals surface area contributed by atoms with Crippen LogP contribution in [0.25, 0.3) is 0 Å². The Morgan fingerprint density at radius 1 is 1.41 bits per heavy atom. The lowest BCUT2D eigenvalue weighted by molar-refractivity contribution is -0.122. The lowest BCUT2D eigenvalue weighted by Gasteiger charge is -2.24. The van der Waals surface area contributed by atoms with Gasteiger partial charge < -0.3 is 10.6 Å². The van der Waals surface area contributed by atoms with Crippen LogP contribution in [0.1, 0.15) is 20.3 Å². The van der Waals surface area contributed by atoms with Gasteiger partial charge in [0.05, 0.1) is 6.54 Å². The number of carbonyl (C=O) groups is 1. The summed E-state index contributed by atoms with van der Waals surface area (Å²) in [4.78, 5) is 14.0. The summed E-state index contributed by atoms with van der Waals surface area (Å²) >= 11 is 1.78. The molecule has 0 bridgehead atoms. The highest BCUT2D eigenvalue weighted by atomic mass is 32.2. The largest absolute Gasteiger partial charge is 0.354 e. The molecule has 100 valence electrons. The predicted octanol–water partition coefficient (Wildman–Crippen LogP) is 0.540. The maximum Gasteiger partial charge on any atom is 0.234 e. The average molecular weight is 259 g/mol. The van der Waals surface area contributed by atoms with Gasteiger partial charge in [-0.2, -0.15) is 11.8 Å². The summed E-state index contributed by atoms with van der Waals surface area (Å²) in [6.07, 6.45) is 3.20. The molecule has 1 heterocycles. The molecule has 1 amide bonds. The van der Waals surface area contributed by atoms with E-state index in [-0.39, 0.29) is 10.7 Å². The standard InChI is InChI=1S/C12H25N3OS/c1-12(2,17-3)10-14-11(16)9-15-7-4-5-13-6-8-15/h13H,4-10H2,1-3H3,(H,14,16). The Balaban J connectivity index is 2.24. The van der Waals surface area contributed by atoms with Crippen molar-refractivity contribution in [3.05, 3.63) is 0 Å². The number of amides is 1. The summed E-state index contributed by atoms with van der Waals surface area (Å²) in [5.74, 6) is 0.147. The van der Waals surface area contributed by atoms with Gasteiger partial charge in [-0.1, -0.05) is 0 Å². The number of hydrogen-bond donors (Lipinski definition) is 2. The van der Waals surface area contributed by atoms with Crippen molar-refractivity contribution in [3.63, 3.8) is 0 Å². The molecule has 0 aromatic rings. The monoisotopic (exact) mass is 259 g/mol. The van der Waals surface area contributed by atoms with Crippen LogP contribution in [0.5, 0.6) is 0 Å². The molecule has 0 aromatic heterocycles. The number of nitrogens with zero attached hydrogens (tertiary/aromatic N) is 1. The second-order valence-electron chi connectivity index (χ2n) is 5.12. The maximum atomic E-state index is 11.8. The molecule has 2 N–H and O–H groups in total. The average Bonchev–Trinajstić information content (AvgIpc) is 2.55. The molecule has 1 fully saturated rings. The first-order valence-corrected chi connectivity index (χ1v) is 7.51. The van der Waals surface area contributed by atoms with Gasteiger partial charge in [-0.25, -0.2) is 0 Å². The predicted molar refractivity (Wildman–Crippen MR) is 74.5 cm³/mol. The first-order chi connectivity index (χ1) is 8.03. The minimum atomic E-state index is 0.121. The van der Waals surface area contributed by atoms with E-state index in [9.17, 15) is 4.79 Å². The van der Waals surface area contributed by atoms with Crippen LogP contribution >= 0.6 is 11.8 Å². The summed E-state index contributed by atoms with van der Waals surface area (Å²) in [5.41, 5.74) is 0. The van der Waals surface area contributed by atoms with Crippen molar-refractivity contribution in [2.45, 2.75) is 25.0 Å². The van der Waals surface area contributed by atoms with Crippen molar-refractivity contribution in [2.75, 3.05) is 45.5 Å². The van der Waals surface area contributed by atoms with Crippen molar-refractivity contribution < 1.29 is 4.79 Å². The molecule has 0 aliphatic carbocycles. The van der Waals surface area contributed by atoms with E-state index in [1.165, 1.54) is 0 Å². The quantitative estimate of drug-likeness (QED) is 0.756. The van der Waals surface area contributed by atoms with Crippen LogP contribution in [-0.2, 0) is 4.79 Å². The van der Waals surface area contributed by atoms with Gasteiger partial charge in [-0.15, -0.1) is 0 Å². The number of rotatable bonds is 5. The van der Waals surface area contributed by atoms with Crippen LogP contribution < -0.4 is 10.6 Å². The molecule has 5 heteroatoms. The maximum absolute atomic E-state index is 11.8. The smallest absolute Gasteiger partial charge is 0.234 e. The number of nitrogens with one attached hydrogen (secondary N) is 2. The molecule has 1 aliphatic rings. The Labute approximate surface area is 109 Å². The molecule has 1 saturated heterocycles. The van der Waals surface area contributed by atoms with Gasteiger partial charge in [-0.05, 0) is 39.6 Å². The lowest BCUT2D eigenvalue weighted by atomic mass is 10.2. The van der Waals surface area contributed by atoms with Crippen LogP contribution in [0.4, 0.5) is 0 Å². The minimum Gasteiger partial charge on any atom is -0.354 e. The molecule has 1 aliphatic heterocycles. The molecule has 0 saturated carbocycles. The van der Waals surface area contributed by atoms with Crippen LogP contribution in [0.3, 0.4) is 0 Å². The van der Waals surface area contributed by atoms with E-state index in [1.54, 1.807) is 11.8 Å². The highest BCUT2D eigenvalue weighted by Crippen LogP contribution is 2.19. The molecule has 4 nitrogen and oxygen atoms in total. The topological polar surface area (TPSA) is 44.4 Å². The fourth-order valence-electron chi connectivity index (χ4n) is 1.70. The molecule has 1 rings (SSSR count). The van der Waals surface area contributed by atoms with Gasteiger partial charge in [-0.3, -0.25) is 9.69 Å². The van der Waals surface area contributed by atoms with Crippen molar-refractivity contribution in [3.8, 4) is 0 Å². The van der Waals surface area contributed by atoms with Crippen LogP contribution in [0.15, 0.2) is 0 Å². The Morgan fingerprint density at radius 3 is 2.88 bits per heavy atom. The summed E-state index contributed by atoms with van der Waals surface area (Å²) in [6.45, 7) is 9.61. The molecule has 0 atom stereocenters. The summed E-state index contributed by atoms with van der Waals surface area (Å²) in [7, 11) is 0. The third kappa shape index (κ3) is 6.29. The first-order valence-electron chi connectivity index (χ1n) is 6.28. The van der Waals surface area contributed by atoms with Crippen molar-refractivity contribution >= 4 is 17.7 Å². The van der Waals surface area contributed by atoms with E-state index in [4.69, 9.17) is 0 Å². The van der Waals surface area contributed by atoms with E-state index < -0.39 is 0 Å². The second-order valence-corrected chi connectivity index (χ2v) is 6.63. The zero-order valence-electron chi connectivity index (χ0n) is 11.2. The first kappa shape index (κ1) is 14.8. The zero-order chi connectivity index (χ0) is 12.7. The molecule has 0 radical (unpaired) electrons. The van der Waals surface area contributed by atoms with Crippen LogP contribution in [-0.4, -0.2) is 61.1 Å². The van der Waals surface area contributed by atoms with E-state index >= 15 is 0 Å². The minimum absolute atomic E-state index is 0.121. The highest BCUT2D eigenvalue weighted by molar-refractivity contribution is 7.99. The molecule has 0 spiro atoms. The molecule has 17 heavy (non-hydrogen) atoms. The Hall–Kier alpha value is -0.260. The van der Waals surface area contributed by atoms with Gasteiger partial charge in [0, 0.05) is 24.4 Å². The van der Waals surface area contributed by atoms with Crippen molar-refractivity contribution in [1.29, 1.82) is 0 Å². The van der Waals surface area contributed by atoms with Crippen molar-refractivity contribution in [1.82, 2.24) is 15.5 Å². The summed E-state index contributed by atoms with van der Waals surface area (Å²) in [5, 5.41) is 6.36. The normalized spacial score (nSPS) is 18.8. The number of thioether (sulfide) groups is 1. The fraction of sp³-hybridized carbons (Fsp3) is 0.917. The Bertz CT molecular complexity index is 238. The zero-order valence-corrected chi connectivity index (χ0v) is 12.0. The van der Waals surface area contributed by atoms with E-state index in [1.807, 2.05) is 0 Å². The highest BCUT2D eigenvalue weighted by Gasteiger charge is 2.18. The fourth-order valence-corrected chi connectivity index (χ4v) is 1.92. The van der Waals surface area contributed by atoms with E-state index in [0.29, 0.717) is 6.54 Å². The number of carbonyl (C=O) groups excluding carboxylic acids is 1. The number of hydrogen-bond acceptors (Lipinski definition) is 4. The third-order valence-electron chi connectivity index (χ3n) is 3.06. The molecule has 0 aromatic carbocycles. The molecule has 0 unspecified atom stereocenters. The second kappa shape index (κ2) is 7.24. The Kier molecular flexibility index (Phi) is 6.30. The van der Waals surface area contributed by atoms with E-state index in [0.717, 1.165) is 39.1 Å². The molecular weight excluding hydrogens is 234 g/mol. The summed E-state index contributed by atoms with van der Waals surface area (Å²) < 4.78 is 0.121. The third-order valence-corrected chi connectivity index (χ3v) is 4.31. The van der Waals surface area contributed by atoms with Gasteiger partial charge in [0.25, 0.3) is 0 Å². The molecular formula is C12H25N3OS.